The van der Waals surface area contributed by atoms with Crippen LogP contribution in [0.2, 0.25) is 0 Å². The van der Waals surface area contributed by atoms with Gasteiger partial charge in [0.2, 0.25) is 0 Å². The number of aliphatic hydroxyl groups is 1. The van der Waals surface area contributed by atoms with E-state index in [9.17, 15) is 15.0 Å². The van der Waals surface area contributed by atoms with Gasteiger partial charge >= 0.3 is 5.97 Å². The lowest BCUT2D eigenvalue weighted by molar-refractivity contribution is -0.0661. The Kier molecular flexibility index (Phi) is 5.22. The van der Waals surface area contributed by atoms with Crippen LogP contribution in [-0.2, 0) is 6.54 Å². The highest BCUT2D eigenvalue weighted by atomic mass is 16.5. The number of fused-ring (bicyclic) bond motifs is 1. The van der Waals surface area contributed by atoms with Crippen molar-refractivity contribution in [2.75, 3.05) is 13.7 Å². The molecule has 0 spiro atoms. The average Bonchev–Trinajstić information content (AvgIpc) is 3.54. The molecule has 2 heterocycles. The number of likely N-dealkylation sites (tertiary alicyclic amines) is 1. The van der Waals surface area contributed by atoms with Crippen LogP contribution in [0, 0.1) is 12.8 Å². The molecule has 1 aliphatic heterocycles. The quantitative estimate of drug-likeness (QED) is 0.525. The molecule has 168 valence electrons. The number of rotatable bonds is 6. The number of aromatic nitrogens is 1. The number of ether oxygens (including phenoxy) is 1. The lowest BCUT2D eigenvalue weighted by Gasteiger charge is -2.45. The van der Waals surface area contributed by atoms with Gasteiger partial charge in [0.25, 0.3) is 0 Å². The van der Waals surface area contributed by atoms with E-state index in [4.69, 9.17) is 4.74 Å². The van der Waals surface area contributed by atoms with Crippen LogP contribution in [0.25, 0.3) is 10.9 Å². The van der Waals surface area contributed by atoms with Gasteiger partial charge < -0.3 is 19.9 Å². The maximum atomic E-state index is 11.4. The fourth-order valence-corrected chi connectivity index (χ4v) is 5.40. The van der Waals surface area contributed by atoms with Crippen LogP contribution in [0.15, 0.2) is 42.6 Å². The minimum atomic E-state index is -0.925. The van der Waals surface area contributed by atoms with E-state index in [1.54, 1.807) is 19.2 Å². The molecule has 1 aromatic heterocycles. The van der Waals surface area contributed by atoms with Gasteiger partial charge in [0, 0.05) is 41.8 Å². The summed E-state index contributed by atoms with van der Waals surface area (Å²) in [5, 5.41) is 21.8. The molecule has 2 aliphatic rings. The summed E-state index contributed by atoms with van der Waals surface area (Å²) in [5.41, 5.74) is 4.09. The third-order valence-corrected chi connectivity index (χ3v) is 7.39. The largest absolute Gasteiger partial charge is 0.496 e. The van der Waals surface area contributed by atoms with Crippen molar-refractivity contribution in [3.63, 3.8) is 0 Å². The van der Waals surface area contributed by atoms with Crippen molar-refractivity contribution in [1.82, 2.24) is 9.88 Å². The first kappa shape index (κ1) is 21.0. The summed E-state index contributed by atoms with van der Waals surface area (Å²) in [5.74, 6) is 0.333. The fourth-order valence-electron chi connectivity index (χ4n) is 5.40. The summed E-state index contributed by atoms with van der Waals surface area (Å²) in [6.45, 7) is 3.56. The molecule has 0 radical (unpaired) electrons. The van der Waals surface area contributed by atoms with E-state index in [1.807, 2.05) is 18.3 Å². The Morgan fingerprint density at radius 2 is 2.00 bits per heavy atom. The average molecular weight is 435 g/mol. The van der Waals surface area contributed by atoms with Crippen molar-refractivity contribution < 1.29 is 19.7 Å². The summed E-state index contributed by atoms with van der Waals surface area (Å²) >= 11 is 0. The predicted octanol–water partition coefficient (Wildman–Crippen LogP) is 4.66. The Morgan fingerprint density at radius 3 is 2.66 bits per heavy atom. The first-order valence-electron chi connectivity index (χ1n) is 11.3. The summed E-state index contributed by atoms with van der Waals surface area (Å²) in [6, 6.07) is 11.3. The van der Waals surface area contributed by atoms with Gasteiger partial charge in [-0.1, -0.05) is 12.1 Å². The second-order valence-corrected chi connectivity index (χ2v) is 9.39. The van der Waals surface area contributed by atoms with Gasteiger partial charge in [-0.2, -0.15) is 0 Å². The number of benzene rings is 2. The number of H-pyrrole nitrogens is 1. The molecule has 3 aromatic rings. The van der Waals surface area contributed by atoms with E-state index in [0.29, 0.717) is 18.9 Å². The van der Waals surface area contributed by atoms with Crippen molar-refractivity contribution in [1.29, 1.82) is 0 Å². The number of hydrogen-bond donors (Lipinski definition) is 3. The predicted molar refractivity (Wildman–Crippen MR) is 123 cm³/mol. The minimum absolute atomic E-state index is 0.0113. The Labute approximate surface area is 187 Å². The molecule has 1 saturated carbocycles. The highest BCUT2D eigenvalue weighted by molar-refractivity contribution is 5.88. The molecule has 6 heteroatoms. The molecule has 0 unspecified atom stereocenters. The van der Waals surface area contributed by atoms with Gasteiger partial charge in [-0.15, -0.1) is 0 Å². The van der Waals surface area contributed by atoms with Crippen molar-refractivity contribution in [2.24, 2.45) is 5.92 Å². The lowest BCUT2D eigenvalue weighted by Crippen LogP contribution is -2.47. The van der Waals surface area contributed by atoms with Crippen LogP contribution in [0.4, 0.5) is 0 Å². The number of carbonyl (C=O) groups is 1. The molecule has 2 aromatic carbocycles. The number of carboxylic acid groups (broad SMARTS) is 1. The lowest BCUT2D eigenvalue weighted by atomic mass is 9.80. The topological polar surface area (TPSA) is 85.8 Å². The van der Waals surface area contributed by atoms with Crippen LogP contribution >= 0.6 is 0 Å². The number of methoxy groups -OCH3 is 1. The molecule has 2 atom stereocenters. The van der Waals surface area contributed by atoms with E-state index in [0.717, 1.165) is 59.2 Å². The van der Waals surface area contributed by atoms with Crippen LogP contribution in [0.1, 0.15) is 58.8 Å². The molecular formula is C26H30N2O4. The minimum Gasteiger partial charge on any atom is -0.496 e. The third kappa shape index (κ3) is 3.67. The number of aromatic carboxylic acids is 1. The van der Waals surface area contributed by atoms with Gasteiger partial charge in [-0.3, -0.25) is 4.90 Å². The van der Waals surface area contributed by atoms with Crippen LogP contribution in [0.3, 0.4) is 0 Å². The first-order chi connectivity index (χ1) is 15.4. The van der Waals surface area contributed by atoms with Crippen molar-refractivity contribution >= 4 is 16.9 Å². The zero-order valence-electron chi connectivity index (χ0n) is 18.6. The molecule has 32 heavy (non-hydrogen) atoms. The van der Waals surface area contributed by atoms with Crippen LogP contribution < -0.4 is 4.74 Å². The first-order valence-corrected chi connectivity index (χ1v) is 11.3. The van der Waals surface area contributed by atoms with E-state index in [2.05, 4.69) is 28.9 Å². The molecule has 0 amide bonds. The van der Waals surface area contributed by atoms with Gasteiger partial charge in [0.1, 0.15) is 5.75 Å². The molecule has 1 saturated heterocycles. The number of carboxylic acids is 1. The van der Waals surface area contributed by atoms with E-state index >= 15 is 0 Å². The Bertz CT molecular complexity index is 1150. The maximum Gasteiger partial charge on any atom is 0.335 e. The van der Waals surface area contributed by atoms with E-state index < -0.39 is 11.6 Å². The molecule has 0 bridgehead atoms. The highest BCUT2D eigenvalue weighted by Gasteiger charge is 2.48. The Morgan fingerprint density at radius 1 is 1.25 bits per heavy atom. The molecule has 5 rings (SSSR count). The summed E-state index contributed by atoms with van der Waals surface area (Å²) in [4.78, 5) is 17.1. The summed E-state index contributed by atoms with van der Waals surface area (Å²) in [7, 11) is 1.71. The number of aromatic amines is 1. The molecule has 2 fully saturated rings. The summed E-state index contributed by atoms with van der Waals surface area (Å²) in [6.07, 6.45) is 5.57. The Hall–Kier alpha value is -2.83. The zero-order valence-corrected chi connectivity index (χ0v) is 18.6. The van der Waals surface area contributed by atoms with Crippen LogP contribution in [-0.4, -0.2) is 45.3 Å². The monoisotopic (exact) mass is 434 g/mol. The maximum absolute atomic E-state index is 11.4. The molecule has 1 aliphatic carbocycles. The smallest absolute Gasteiger partial charge is 0.335 e. The molecule has 6 nitrogen and oxygen atoms in total. The molecular weight excluding hydrogens is 404 g/mol. The number of nitrogens with one attached hydrogen (secondary N) is 1. The van der Waals surface area contributed by atoms with Gasteiger partial charge in [0.15, 0.2) is 0 Å². The number of aryl methyl sites for hydroxylation is 1. The normalized spacial score (nSPS) is 24.0. The zero-order chi connectivity index (χ0) is 22.5. The fraction of sp³-hybridized carbons (Fsp3) is 0.423. The van der Waals surface area contributed by atoms with Gasteiger partial charge in [-0.25, -0.2) is 4.79 Å². The standard InChI is InChI=1S/C26H30N2O4/c1-16-13-23(32-2)21(20-9-11-27-24(16)20)15-28-12-10-26(31,19-7-8-19)14-22(28)17-3-5-18(6-4-17)25(29)30/h3-6,9,11,13,19,22,27,31H,7-8,10,12,14-15H2,1-2H3,(H,29,30)/t22-,26+/m0/s1. The summed E-state index contributed by atoms with van der Waals surface area (Å²) < 4.78 is 5.76. The SMILES string of the molecule is COc1cc(C)c2[nH]ccc2c1CN1CC[C@](O)(C2CC2)C[C@H]1c1ccc(C(=O)O)cc1. The Balaban J connectivity index is 1.52. The second-order valence-electron chi connectivity index (χ2n) is 9.39. The van der Waals surface area contributed by atoms with Crippen molar-refractivity contribution in [3.8, 4) is 5.75 Å². The third-order valence-electron chi connectivity index (χ3n) is 7.39. The number of piperidine rings is 1. The molecule has 3 N–H and O–H groups in total. The van der Waals surface area contributed by atoms with Gasteiger partial charge in [0.05, 0.1) is 18.3 Å². The van der Waals surface area contributed by atoms with E-state index in [-0.39, 0.29) is 11.6 Å². The number of nitrogens with zero attached hydrogens (tertiary/aromatic N) is 1. The number of hydrogen-bond acceptors (Lipinski definition) is 4. The van der Waals surface area contributed by atoms with Gasteiger partial charge in [-0.05, 0) is 73.9 Å². The van der Waals surface area contributed by atoms with Crippen LogP contribution in [0.5, 0.6) is 5.75 Å². The highest BCUT2D eigenvalue weighted by Crippen LogP contribution is 2.50. The second kappa shape index (κ2) is 7.94. The van der Waals surface area contributed by atoms with Crippen molar-refractivity contribution in [2.45, 2.75) is 50.8 Å². The van der Waals surface area contributed by atoms with E-state index in [1.165, 1.54) is 0 Å². The van der Waals surface area contributed by atoms with Crippen molar-refractivity contribution in [3.05, 3.63) is 64.8 Å².